The number of carboxylic acid groups (broad SMARTS) is 1. The zero-order valence-corrected chi connectivity index (χ0v) is 14.2. The molecule has 0 bridgehead atoms. The van der Waals surface area contributed by atoms with Gasteiger partial charge >= 0.3 is 5.97 Å². The zero-order chi connectivity index (χ0) is 17.1. The van der Waals surface area contributed by atoms with Gasteiger partial charge in [0.2, 0.25) is 0 Å². The molecule has 1 aromatic heterocycles. The number of hydrogen-bond acceptors (Lipinski definition) is 4. The monoisotopic (exact) mass is 345 g/mol. The minimum Gasteiger partial charge on any atom is -0.481 e. The summed E-state index contributed by atoms with van der Waals surface area (Å²) in [6.45, 7) is 3.13. The van der Waals surface area contributed by atoms with Gasteiger partial charge in [0.25, 0.3) is 5.91 Å². The van der Waals surface area contributed by atoms with Crippen molar-refractivity contribution in [2.45, 2.75) is 32.4 Å². The predicted molar refractivity (Wildman–Crippen MR) is 91.3 cm³/mol. The van der Waals surface area contributed by atoms with Gasteiger partial charge in [0.1, 0.15) is 0 Å². The summed E-state index contributed by atoms with van der Waals surface area (Å²) in [6.07, 6.45) is 0.675. The lowest BCUT2D eigenvalue weighted by atomic mass is 9.98. The molecule has 1 atom stereocenters. The molecule has 24 heavy (non-hydrogen) atoms. The maximum atomic E-state index is 12.6. The smallest absolute Gasteiger partial charge is 0.305 e. The Bertz CT molecular complexity index is 745. The van der Waals surface area contributed by atoms with Crippen molar-refractivity contribution in [2.24, 2.45) is 0 Å². The van der Waals surface area contributed by atoms with Gasteiger partial charge < -0.3 is 15.2 Å². The van der Waals surface area contributed by atoms with Gasteiger partial charge in [-0.15, -0.1) is 11.3 Å². The van der Waals surface area contributed by atoms with Gasteiger partial charge in [-0.05, 0) is 29.7 Å². The molecule has 0 saturated carbocycles. The third-order valence-electron chi connectivity index (χ3n) is 4.10. The normalized spacial score (nSPS) is 14.7. The summed E-state index contributed by atoms with van der Waals surface area (Å²) in [6, 6.07) is 8.82. The first kappa shape index (κ1) is 16.7. The first-order valence-electron chi connectivity index (χ1n) is 7.82. The maximum absolute atomic E-state index is 12.6. The molecule has 2 heterocycles. The van der Waals surface area contributed by atoms with Crippen LogP contribution in [-0.2, 0) is 22.6 Å². The lowest BCUT2D eigenvalue weighted by Gasteiger charge is -2.19. The second-order valence-electron chi connectivity index (χ2n) is 5.84. The first-order valence-corrected chi connectivity index (χ1v) is 8.63. The number of rotatable bonds is 5. The minimum atomic E-state index is -0.942. The van der Waals surface area contributed by atoms with Crippen LogP contribution in [0.4, 0.5) is 0 Å². The topological polar surface area (TPSA) is 75.6 Å². The van der Waals surface area contributed by atoms with Crippen molar-refractivity contribution in [1.82, 2.24) is 5.32 Å². The van der Waals surface area contributed by atoms with E-state index in [0.717, 1.165) is 23.1 Å². The van der Waals surface area contributed by atoms with E-state index in [1.807, 2.05) is 37.3 Å². The number of amides is 1. The van der Waals surface area contributed by atoms with Crippen molar-refractivity contribution in [3.05, 3.63) is 56.8 Å². The molecule has 0 spiro atoms. The summed E-state index contributed by atoms with van der Waals surface area (Å²) in [5.41, 5.74) is 2.85. The number of benzene rings is 1. The van der Waals surface area contributed by atoms with Gasteiger partial charge in [0.15, 0.2) is 0 Å². The third-order valence-corrected chi connectivity index (χ3v) is 5.34. The van der Waals surface area contributed by atoms with E-state index in [0.29, 0.717) is 18.1 Å². The lowest BCUT2D eigenvalue weighted by molar-refractivity contribution is -0.137. The minimum absolute atomic E-state index is 0.148. The number of aryl methyl sites for hydroxylation is 1. The Labute approximate surface area is 144 Å². The molecule has 1 amide bonds. The van der Waals surface area contributed by atoms with E-state index in [1.54, 1.807) is 0 Å². The van der Waals surface area contributed by atoms with E-state index in [-0.39, 0.29) is 12.3 Å². The molecule has 126 valence electrons. The zero-order valence-electron chi connectivity index (χ0n) is 13.4. The summed E-state index contributed by atoms with van der Waals surface area (Å²) in [5, 5.41) is 12.1. The first-order chi connectivity index (χ1) is 11.5. The average molecular weight is 345 g/mol. The van der Waals surface area contributed by atoms with E-state index < -0.39 is 12.0 Å². The fourth-order valence-corrected chi connectivity index (χ4v) is 3.93. The van der Waals surface area contributed by atoms with Gasteiger partial charge in [-0.2, -0.15) is 0 Å². The molecule has 2 N–H and O–H groups in total. The van der Waals surface area contributed by atoms with Crippen molar-refractivity contribution >= 4 is 23.2 Å². The van der Waals surface area contributed by atoms with Gasteiger partial charge in [0.05, 0.1) is 30.6 Å². The Morgan fingerprint density at radius 2 is 2.17 bits per heavy atom. The number of carbonyl (C=O) groups excluding carboxylic acids is 1. The second-order valence-corrected chi connectivity index (χ2v) is 6.98. The molecular weight excluding hydrogens is 326 g/mol. The number of aliphatic carboxylic acids is 1. The highest BCUT2D eigenvalue weighted by Crippen LogP contribution is 2.28. The number of hydrogen-bond donors (Lipinski definition) is 2. The van der Waals surface area contributed by atoms with Crippen LogP contribution in [0.25, 0.3) is 0 Å². The van der Waals surface area contributed by atoms with Gasteiger partial charge in [-0.1, -0.05) is 24.3 Å². The Balaban J connectivity index is 1.82. The highest BCUT2D eigenvalue weighted by molar-refractivity contribution is 7.14. The molecule has 3 rings (SSSR count). The van der Waals surface area contributed by atoms with E-state index in [2.05, 4.69) is 5.32 Å². The van der Waals surface area contributed by atoms with Gasteiger partial charge in [-0.25, -0.2) is 0 Å². The van der Waals surface area contributed by atoms with Gasteiger partial charge in [-0.3, -0.25) is 9.59 Å². The highest BCUT2D eigenvalue weighted by Gasteiger charge is 2.23. The van der Waals surface area contributed by atoms with Crippen LogP contribution in [-0.4, -0.2) is 23.6 Å². The fourth-order valence-electron chi connectivity index (χ4n) is 2.88. The summed E-state index contributed by atoms with van der Waals surface area (Å²) in [4.78, 5) is 25.6. The van der Waals surface area contributed by atoms with Crippen LogP contribution in [0, 0.1) is 6.92 Å². The molecule has 0 unspecified atom stereocenters. The predicted octanol–water partition coefficient (Wildman–Crippen LogP) is 3.08. The van der Waals surface area contributed by atoms with Crippen molar-refractivity contribution in [3.8, 4) is 0 Å². The van der Waals surface area contributed by atoms with Crippen molar-refractivity contribution < 1.29 is 19.4 Å². The van der Waals surface area contributed by atoms with Crippen LogP contribution in [0.5, 0.6) is 0 Å². The number of carboxylic acids is 1. The standard InChI is InChI=1S/C18H19NO4S/c1-11-4-2-3-5-13(11)14(9-17(20)21)19-18(22)16-8-12-10-23-7-6-15(12)24-16/h2-5,8,14H,6-7,9-10H2,1H3,(H,19,22)(H,20,21)/t14-/m1/s1. The van der Waals surface area contributed by atoms with Crippen molar-refractivity contribution in [2.75, 3.05) is 6.61 Å². The van der Waals surface area contributed by atoms with Crippen LogP contribution in [0.2, 0.25) is 0 Å². The van der Waals surface area contributed by atoms with Crippen LogP contribution < -0.4 is 5.32 Å². The quantitative estimate of drug-likeness (QED) is 0.873. The molecule has 5 nitrogen and oxygen atoms in total. The van der Waals surface area contributed by atoms with Crippen molar-refractivity contribution in [3.63, 3.8) is 0 Å². The molecule has 0 aliphatic carbocycles. The Morgan fingerprint density at radius 3 is 2.88 bits per heavy atom. The third kappa shape index (κ3) is 3.66. The van der Waals surface area contributed by atoms with E-state index >= 15 is 0 Å². The molecule has 1 aliphatic rings. The van der Waals surface area contributed by atoms with Crippen LogP contribution in [0.15, 0.2) is 30.3 Å². The molecule has 1 aliphatic heterocycles. The van der Waals surface area contributed by atoms with E-state index in [9.17, 15) is 14.7 Å². The maximum Gasteiger partial charge on any atom is 0.305 e. The van der Waals surface area contributed by atoms with Crippen LogP contribution >= 0.6 is 11.3 Å². The second kappa shape index (κ2) is 7.15. The number of thiophene rings is 1. The average Bonchev–Trinajstić information content (AvgIpc) is 2.98. The highest BCUT2D eigenvalue weighted by atomic mass is 32.1. The molecule has 1 aromatic carbocycles. The van der Waals surface area contributed by atoms with Crippen molar-refractivity contribution in [1.29, 1.82) is 0 Å². The summed E-state index contributed by atoms with van der Waals surface area (Å²) in [5.74, 6) is -1.17. The number of nitrogens with one attached hydrogen (secondary N) is 1. The van der Waals surface area contributed by atoms with Gasteiger partial charge in [0, 0.05) is 11.3 Å². The Hall–Kier alpha value is -2.18. The molecule has 0 saturated heterocycles. The lowest BCUT2D eigenvalue weighted by Crippen LogP contribution is -2.30. The number of ether oxygens (including phenoxy) is 1. The summed E-state index contributed by atoms with van der Waals surface area (Å²) < 4.78 is 5.41. The van der Waals surface area contributed by atoms with E-state index in [4.69, 9.17) is 4.74 Å². The molecule has 0 fully saturated rings. The molecule has 2 aromatic rings. The number of fused-ring (bicyclic) bond motifs is 1. The van der Waals surface area contributed by atoms with Crippen LogP contribution in [0.1, 0.15) is 43.7 Å². The largest absolute Gasteiger partial charge is 0.481 e. The molecular formula is C18H19NO4S. The molecule has 6 heteroatoms. The fraction of sp³-hybridized carbons (Fsp3) is 0.333. The number of carbonyl (C=O) groups is 2. The van der Waals surface area contributed by atoms with Crippen LogP contribution in [0.3, 0.4) is 0 Å². The Morgan fingerprint density at radius 1 is 1.38 bits per heavy atom. The Kier molecular flexibility index (Phi) is 4.97. The molecule has 0 radical (unpaired) electrons. The SMILES string of the molecule is Cc1ccccc1[C@@H](CC(=O)O)NC(=O)c1cc2c(s1)CCOC2. The summed E-state index contributed by atoms with van der Waals surface area (Å²) in [7, 11) is 0. The van der Waals surface area contributed by atoms with E-state index in [1.165, 1.54) is 16.2 Å². The summed E-state index contributed by atoms with van der Waals surface area (Å²) >= 11 is 1.46.